The summed E-state index contributed by atoms with van der Waals surface area (Å²) in [5.74, 6) is 0.607. The van der Waals surface area contributed by atoms with Crippen LogP contribution in [-0.4, -0.2) is 18.8 Å². The van der Waals surface area contributed by atoms with Crippen LogP contribution in [-0.2, 0) is 4.74 Å². The van der Waals surface area contributed by atoms with Crippen molar-refractivity contribution in [2.75, 3.05) is 6.61 Å². The topological polar surface area (TPSA) is 35.2 Å². The van der Waals surface area contributed by atoms with Gasteiger partial charge in [-0.2, -0.15) is 0 Å². The quantitative estimate of drug-likeness (QED) is 0.731. The summed E-state index contributed by atoms with van der Waals surface area (Å²) in [5.41, 5.74) is 6.38. The highest BCUT2D eigenvalue weighted by Crippen LogP contribution is 2.37. The van der Waals surface area contributed by atoms with Crippen molar-refractivity contribution in [1.29, 1.82) is 0 Å². The molecule has 0 heterocycles. The van der Waals surface area contributed by atoms with Gasteiger partial charge < -0.3 is 10.5 Å². The molecule has 0 spiro atoms. The molecular formula is C11H23NO. The summed E-state index contributed by atoms with van der Waals surface area (Å²) >= 11 is 0. The Kier molecular flexibility index (Phi) is 3.36. The maximum absolute atomic E-state index is 6.12. The van der Waals surface area contributed by atoms with E-state index in [4.69, 9.17) is 10.5 Å². The number of hydrogen-bond acceptors (Lipinski definition) is 2. The van der Waals surface area contributed by atoms with Gasteiger partial charge in [-0.05, 0) is 24.2 Å². The van der Waals surface area contributed by atoms with E-state index in [0.29, 0.717) is 5.92 Å². The average molecular weight is 185 g/mol. The van der Waals surface area contributed by atoms with E-state index < -0.39 is 0 Å². The Morgan fingerprint density at radius 2 is 2.08 bits per heavy atom. The van der Waals surface area contributed by atoms with E-state index in [1.165, 1.54) is 6.42 Å². The first kappa shape index (κ1) is 11.0. The second-order valence-corrected chi connectivity index (χ2v) is 5.32. The zero-order valence-electron chi connectivity index (χ0n) is 9.34. The molecule has 0 amide bonds. The average Bonchev–Trinajstić information content (AvgIpc) is 2.25. The molecule has 0 bridgehead atoms. The number of ether oxygens (including phenoxy) is 1. The van der Waals surface area contributed by atoms with Gasteiger partial charge in [-0.25, -0.2) is 0 Å². The molecule has 1 aliphatic carbocycles. The van der Waals surface area contributed by atoms with Crippen LogP contribution < -0.4 is 5.73 Å². The van der Waals surface area contributed by atoms with Gasteiger partial charge in [0, 0.05) is 12.6 Å². The lowest BCUT2D eigenvalue weighted by Crippen LogP contribution is -2.41. The van der Waals surface area contributed by atoms with Crippen LogP contribution in [0.1, 0.15) is 40.5 Å². The van der Waals surface area contributed by atoms with Gasteiger partial charge in [0.25, 0.3) is 0 Å². The smallest absolute Gasteiger partial charge is 0.0731 e. The van der Waals surface area contributed by atoms with E-state index in [0.717, 1.165) is 13.0 Å². The lowest BCUT2D eigenvalue weighted by atomic mass is 9.88. The molecule has 0 saturated heterocycles. The molecule has 13 heavy (non-hydrogen) atoms. The van der Waals surface area contributed by atoms with Crippen molar-refractivity contribution in [1.82, 2.24) is 0 Å². The van der Waals surface area contributed by atoms with Crippen molar-refractivity contribution in [2.24, 2.45) is 17.1 Å². The Labute approximate surface area is 81.8 Å². The number of nitrogens with two attached hydrogens (primary N) is 1. The third-order valence-corrected chi connectivity index (χ3v) is 3.02. The Morgan fingerprint density at radius 3 is 2.46 bits per heavy atom. The van der Waals surface area contributed by atoms with Gasteiger partial charge >= 0.3 is 0 Å². The van der Waals surface area contributed by atoms with E-state index >= 15 is 0 Å². The largest absolute Gasteiger partial charge is 0.376 e. The minimum Gasteiger partial charge on any atom is -0.376 e. The van der Waals surface area contributed by atoms with E-state index in [9.17, 15) is 0 Å². The van der Waals surface area contributed by atoms with E-state index in [-0.39, 0.29) is 17.6 Å². The minimum atomic E-state index is 0.214. The lowest BCUT2D eigenvalue weighted by Gasteiger charge is -2.27. The van der Waals surface area contributed by atoms with Gasteiger partial charge in [0.15, 0.2) is 0 Å². The van der Waals surface area contributed by atoms with Crippen LogP contribution in [0.2, 0.25) is 0 Å². The zero-order valence-corrected chi connectivity index (χ0v) is 9.34. The standard InChI is InChI=1S/C11H23NO/c1-8(2)7-13-9-5-6-11(3,4)10(9)12/h8-10H,5-7,12H2,1-4H3. The molecular weight excluding hydrogens is 162 g/mol. The van der Waals surface area contributed by atoms with Crippen LogP contribution >= 0.6 is 0 Å². The Bertz CT molecular complexity index is 165. The van der Waals surface area contributed by atoms with Crippen molar-refractivity contribution in [3.63, 3.8) is 0 Å². The van der Waals surface area contributed by atoms with Crippen LogP contribution in [0.4, 0.5) is 0 Å². The molecule has 0 aromatic heterocycles. The SMILES string of the molecule is CC(C)COC1CCC(C)(C)C1N. The van der Waals surface area contributed by atoms with E-state index in [2.05, 4.69) is 27.7 Å². The fourth-order valence-electron chi connectivity index (χ4n) is 1.87. The molecule has 0 aliphatic heterocycles. The molecule has 2 unspecified atom stereocenters. The number of rotatable bonds is 3. The summed E-state index contributed by atoms with van der Waals surface area (Å²) < 4.78 is 5.79. The number of hydrogen-bond donors (Lipinski definition) is 1. The molecule has 2 heteroatoms. The Morgan fingerprint density at radius 1 is 1.46 bits per heavy atom. The molecule has 1 fully saturated rings. The van der Waals surface area contributed by atoms with Crippen molar-refractivity contribution >= 4 is 0 Å². The second kappa shape index (κ2) is 3.97. The van der Waals surface area contributed by atoms with Crippen molar-refractivity contribution in [3.05, 3.63) is 0 Å². The molecule has 2 atom stereocenters. The minimum absolute atomic E-state index is 0.214. The fourth-order valence-corrected chi connectivity index (χ4v) is 1.87. The molecule has 2 nitrogen and oxygen atoms in total. The Balaban J connectivity index is 2.37. The molecule has 1 rings (SSSR count). The van der Waals surface area contributed by atoms with Crippen LogP contribution in [0, 0.1) is 11.3 Å². The monoisotopic (exact) mass is 185 g/mol. The first-order valence-corrected chi connectivity index (χ1v) is 5.30. The van der Waals surface area contributed by atoms with Gasteiger partial charge in [0.2, 0.25) is 0 Å². The van der Waals surface area contributed by atoms with Crippen molar-refractivity contribution < 1.29 is 4.74 Å². The maximum atomic E-state index is 6.12. The summed E-state index contributed by atoms with van der Waals surface area (Å²) in [5, 5.41) is 0. The van der Waals surface area contributed by atoms with Crippen LogP contribution in [0.3, 0.4) is 0 Å². The molecule has 0 aromatic rings. The van der Waals surface area contributed by atoms with E-state index in [1.807, 2.05) is 0 Å². The predicted molar refractivity (Wildman–Crippen MR) is 55.6 cm³/mol. The van der Waals surface area contributed by atoms with Gasteiger partial charge in [0.05, 0.1) is 6.10 Å². The van der Waals surface area contributed by atoms with Gasteiger partial charge in [-0.1, -0.05) is 27.7 Å². The predicted octanol–water partition coefficient (Wildman–Crippen LogP) is 2.17. The molecule has 0 radical (unpaired) electrons. The van der Waals surface area contributed by atoms with E-state index in [1.54, 1.807) is 0 Å². The lowest BCUT2D eigenvalue weighted by molar-refractivity contribution is 0.0223. The molecule has 1 saturated carbocycles. The summed E-state index contributed by atoms with van der Waals surface area (Å²) in [6.45, 7) is 9.65. The summed E-state index contributed by atoms with van der Waals surface area (Å²) in [4.78, 5) is 0. The second-order valence-electron chi connectivity index (χ2n) is 5.32. The van der Waals surface area contributed by atoms with Gasteiger partial charge in [-0.3, -0.25) is 0 Å². The molecule has 2 N–H and O–H groups in total. The third-order valence-electron chi connectivity index (χ3n) is 3.02. The maximum Gasteiger partial charge on any atom is 0.0731 e. The zero-order chi connectivity index (χ0) is 10.1. The highest BCUT2D eigenvalue weighted by molar-refractivity contribution is 4.95. The summed E-state index contributed by atoms with van der Waals surface area (Å²) in [7, 11) is 0. The Hall–Kier alpha value is -0.0800. The first-order valence-electron chi connectivity index (χ1n) is 5.30. The molecule has 1 aliphatic rings. The third kappa shape index (κ3) is 2.68. The fraction of sp³-hybridized carbons (Fsp3) is 1.00. The van der Waals surface area contributed by atoms with Crippen LogP contribution in [0.15, 0.2) is 0 Å². The van der Waals surface area contributed by atoms with Gasteiger partial charge in [-0.15, -0.1) is 0 Å². The summed E-state index contributed by atoms with van der Waals surface area (Å²) in [6.07, 6.45) is 2.61. The molecule has 0 aromatic carbocycles. The van der Waals surface area contributed by atoms with Crippen molar-refractivity contribution in [2.45, 2.75) is 52.7 Å². The normalized spacial score (nSPS) is 32.8. The molecule has 78 valence electrons. The van der Waals surface area contributed by atoms with Crippen molar-refractivity contribution in [3.8, 4) is 0 Å². The first-order chi connectivity index (χ1) is 5.93. The van der Waals surface area contributed by atoms with Crippen LogP contribution in [0.5, 0.6) is 0 Å². The highest BCUT2D eigenvalue weighted by atomic mass is 16.5. The van der Waals surface area contributed by atoms with Gasteiger partial charge in [0.1, 0.15) is 0 Å². The summed E-state index contributed by atoms with van der Waals surface area (Å²) in [6, 6.07) is 0.214. The van der Waals surface area contributed by atoms with Crippen LogP contribution in [0.25, 0.3) is 0 Å². The highest BCUT2D eigenvalue weighted by Gasteiger charge is 2.39.